The molecule has 0 aliphatic heterocycles. The maximum absolute atomic E-state index is 12.2. The van der Waals surface area contributed by atoms with Gasteiger partial charge >= 0.3 is 6.03 Å². The zero-order chi connectivity index (χ0) is 23.2. The number of amides is 2. The number of oxazole rings is 1. The smallest absolute Gasteiger partial charge is 0.319 e. The van der Waals surface area contributed by atoms with Crippen LogP contribution in [0.3, 0.4) is 0 Å². The summed E-state index contributed by atoms with van der Waals surface area (Å²) in [4.78, 5) is 21.0. The molecule has 0 saturated carbocycles. The number of carbonyl (C=O) groups is 1. The van der Waals surface area contributed by atoms with Crippen molar-refractivity contribution in [2.24, 2.45) is 0 Å². The third kappa shape index (κ3) is 5.57. The highest BCUT2D eigenvalue weighted by Crippen LogP contribution is 2.23. The molecule has 2 aromatic heterocycles. The van der Waals surface area contributed by atoms with Crippen molar-refractivity contribution < 1.29 is 18.5 Å². The monoisotopic (exact) mass is 447 g/mol. The van der Waals surface area contributed by atoms with E-state index in [1.165, 1.54) is 0 Å². The summed E-state index contributed by atoms with van der Waals surface area (Å²) >= 11 is 0. The summed E-state index contributed by atoms with van der Waals surface area (Å²) in [6.07, 6.45) is 2.14. The Balaban J connectivity index is 1.25. The third-order valence-corrected chi connectivity index (χ3v) is 4.90. The average molecular weight is 447 g/mol. The van der Waals surface area contributed by atoms with Gasteiger partial charge in [0.15, 0.2) is 5.82 Å². The van der Waals surface area contributed by atoms with E-state index in [1.54, 1.807) is 25.5 Å². The lowest BCUT2D eigenvalue weighted by Gasteiger charge is -2.07. The van der Waals surface area contributed by atoms with Crippen LogP contribution < -0.4 is 15.4 Å². The number of carbonyl (C=O) groups excluding carboxylic acids is 1. The molecule has 0 bridgehead atoms. The Morgan fingerprint density at radius 2 is 1.70 bits per heavy atom. The first kappa shape index (κ1) is 22.1. The molecule has 0 aliphatic rings. The number of nitrogens with zero attached hydrogens (tertiary/aromatic N) is 3. The van der Waals surface area contributed by atoms with Gasteiger partial charge in [0.1, 0.15) is 12.0 Å². The number of nitrogens with one attached hydrogen (secondary N) is 2. The first-order chi connectivity index (χ1) is 16.0. The topological polar surface area (TPSA) is 115 Å². The van der Waals surface area contributed by atoms with E-state index in [0.717, 1.165) is 22.6 Å². The highest BCUT2D eigenvalue weighted by molar-refractivity contribution is 5.89. The SMILES string of the molecule is COc1ccc(-c2nc(CCNC(=O)Nc3ccc(-c4nc(C(C)C)no4)cc3)co2)cc1. The molecular weight excluding hydrogens is 422 g/mol. The van der Waals surface area contributed by atoms with Gasteiger partial charge in [0.25, 0.3) is 5.89 Å². The lowest BCUT2D eigenvalue weighted by atomic mass is 10.2. The Labute approximate surface area is 191 Å². The van der Waals surface area contributed by atoms with Crippen molar-refractivity contribution in [3.8, 4) is 28.7 Å². The Kier molecular flexibility index (Phi) is 6.68. The van der Waals surface area contributed by atoms with Crippen molar-refractivity contribution in [3.63, 3.8) is 0 Å². The summed E-state index contributed by atoms with van der Waals surface area (Å²) in [5.41, 5.74) is 3.06. The van der Waals surface area contributed by atoms with Crippen LogP contribution in [0.15, 0.2) is 63.7 Å². The molecule has 2 aromatic carbocycles. The highest BCUT2D eigenvalue weighted by atomic mass is 16.5. The van der Waals surface area contributed by atoms with Gasteiger partial charge in [0.2, 0.25) is 5.89 Å². The van der Waals surface area contributed by atoms with Gasteiger partial charge in [0, 0.05) is 35.7 Å². The number of urea groups is 1. The van der Waals surface area contributed by atoms with Crippen LogP contribution in [-0.2, 0) is 6.42 Å². The number of ether oxygens (including phenoxy) is 1. The van der Waals surface area contributed by atoms with Crippen molar-refractivity contribution in [2.45, 2.75) is 26.2 Å². The van der Waals surface area contributed by atoms with E-state index in [9.17, 15) is 4.79 Å². The minimum Gasteiger partial charge on any atom is -0.497 e. The van der Waals surface area contributed by atoms with Gasteiger partial charge in [-0.1, -0.05) is 19.0 Å². The van der Waals surface area contributed by atoms with Crippen molar-refractivity contribution in [2.75, 3.05) is 19.0 Å². The molecule has 2 heterocycles. The second kappa shape index (κ2) is 9.99. The fourth-order valence-corrected chi connectivity index (χ4v) is 3.05. The van der Waals surface area contributed by atoms with E-state index in [-0.39, 0.29) is 11.9 Å². The predicted molar refractivity (Wildman–Crippen MR) is 123 cm³/mol. The van der Waals surface area contributed by atoms with Gasteiger partial charge in [-0.2, -0.15) is 4.98 Å². The molecule has 0 radical (unpaired) electrons. The molecule has 9 nitrogen and oxygen atoms in total. The van der Waals surface area contributed by atoms with Gasteiger partial charge in [-0.3, -0.25) is 0 Å². The lowest BCUT2D eigenvalue weighted by molar-refractivity contribution is 0.252. The minimum absolute atomic E-state index is 0.193. The van der Waals surface area contributed by atoms with Crippen molar-refractivity contribution >= 4 is 11.7 Å². The Morgan fingerprint density at radius 3 is 2.36 bits per heavy atom. The summed E-state index contributed by atoms with van der Waals surface area (Å²) < 4.78 is 16.0. The molecule has 0 atom stereocenters. The van der Waals surface area contributed by atoms with Gasteiger partial charge in [-0.25, -0.2) is 9.78 Å². The van der Waals surface area contributed by atoms with Crippen LogP contribution >= 0.6 is 0 Å². The Morgan fingerprint density at radius 1 is 1.00 bits per heavy atom. The largest absolute Gasteiger partial charge is 0.497 e. The number of anilines is 1. The Bertz CT molecular complexity index is 1200. The van der Waals surface area contributed by atoms with Crippen molar-refractivity contribution in [1.29, 1.82) is 0 Å². The standard InChI is InChI=1S/C24H25N5O4/c1-15(2)21-28-23(33-29-21)17-4-8-18(9-5-17)27-24(30)25-13-12-19-14-32-22(26-19)16-6-10-20(31-3)11-7-16/h4-11,14-15H,12-13H2,1-3H3,(H2,25,27,30). The summed E-state index contributed by atoms with van der Waals surface area (Å²) in [5.74, 6) is 2.61. The number of methoxy groups -OCH3 is 1. The first-order valence-electron chi connectivity index (χ1n) is 10.6. The number of hydrogen-bond donors (Lipinski definition) is 2. The van der Waals surface area contributed by atoms with E-state index >= 15 is 0 Å². The molecule has 4 rings (SSSR count). The zero-order valence-corrected chi connectivity index (χ0v) is 18.7. The molecule has 170 valence electrons. The fourth-order valence-electron chi connectivity index (χ4n) is 3.05. The number of rotatable bonds is 8. The molecular formula is C24H25N5O4. The maximum Gasteiger partial charge on any atom is 0.319 e. The van der Waals surface area contributed by atoms with E-state index in [1.807, 2.05) is 50.2 Å². The van der Waals surface area contributed by atoms with Crippen LogP contribution in [-0.4, -0.2) is 34.8 Å². The summed E-state index contributed by atoms with van der Waals surface area (Å²) in [5, 5.41) is 9.58. The molecule has 0 unspecified atom stereocenters. The highest BCUT2D eigenvalue weighted by Gasteiger charge is 2.12. The molecule has 9 heteroatoms. The molecule has 4 aromatic rings. The van der Waals surface area contributed by atoms with Gasteiger partial charge in [-0.15, -0.1) is 0 Å². The molecule has 2 N–H and O–H groups in total. The minimum atomic E-state index is -0.304. The lowest BCUT2D eigenvalue weighted by Crippen LogP contribution is -2.30. The second-order valence-electron chi connectivity index (χ2n) is 7.69. The maximum atomic E-state index is 12.2. The second-order valence-corrected chi connectivity index (χ2v) is 7.69. The number of hydrogen-bond acceptors (Lipinski definition) is 7. The average Bonchev–Trinajstić information content (AvgIpc) is 3.50. The molecule has 0 spiro atoms. The summed E-state index contributed by atoms with van der Waals surface area (Å²) in [7, 11) is 1.62. The van der Waals surface area contributed by atoms with Crippen LogP contribution in [0.25, 0.3) is 22.9 Å². The van der Waals surface area contributed by atoms with Crippen LogP contribution in [0.4, 0.5) is 10.5 Å². The van der Waals surface area contributed by atoms with E-state index < -0.39 is 0 Å². The molecule has 0 saturated heterocycles. The fraction of sp³-hybridized carbons (Fsp3) is 0.250. The summed E-state index contributed by atoms with van der Waals surface area (Å²) in [6.45, 7) is 4.42. The number of aromatic nitrogens is 3. The van der Waals surface area contributed by atoms with E-state index in [4.69, 9.17) is 13.7 Å². The zero-order valence-electron chi connectivity index (χ0n) is 18.7. The van der Waals surface area contributed by atoms with Gasteiger partial charge < -0.3 is 24.3 Å². The van der Waals surface area contributed by atoms with Crippen molar-refractivity contribution in [1.82, 2.24) is 20.4 Å². The van der Waals surface area contributed by atoms with Crippen molar-refractivity contribution in [3.05, 3.63) is 66.3 Å². The molecule has 0 aliphatic carbocycles. The number of benzene rings is 2. The first-order valence-corrected chi connectivity index (χ1v) is 10.6. The van der Waals surface area contributed by atoms with Crippen LogP contribution in [0.5, 0.6) is 5.75 Å². The third-order valence-electron chi connectivity index (χ3n) is 4.90. The van der Waals surface area contributed by atoms with Crippen LogP contribution in [0.2, 0.25) is 0 Å². The normalized spacial score (nSPS) is 10.9. The predicted octanol–water partition coefficient (Wildman–Crippen LogP) is 4.89. The van der Waals surface area contributed by atoms with Gasteiger partial charge in [-0.05, 0) is 48.5 Å². The Hall–Kier alpha value is -4.14. The van der Waals surface area contributed by atoms with E-state index in [0.29, 0.717) is 36.3 Å². The summed E-state index contributed by atoms with van der Waals surface area (Å²) in [6, 6.07) is 14.4. The molecule has 2 amide bonds. The van der Waals surface area contributed by atoms with Gasteiger partial charge in [0.05, 0.1) is 12.8 Å². The molecule has 0 fully saturated rings. The van der Waals surface area contributed by atoms with E-state index in [2.05, 4.69) is 25.8 Å². The van der Waals surface area contributed by atoms with Crippen LogP contribution in [0, 0.1) is 0 Å². The van der Waals surface area contributed by atoms with Crippen LogP contribution in [0.1, 0.15) is 31.3 Å². The quantitative estimate of drug-likeness (QED) is 0.395. The molecule has 33 heavy (non-hydrogen) atoms.